The van der Waals surface area contributed by atoms with E-state index in [-0.39, 0.29) is 0 Å². The van der Waals surface area contributed by atoms with Gasteiger partial charge in [0.25, 0.3) is 0 Å². The van der Waals surface area contributed by atoms with Crippen molar-refractivity contribution in [2.45, 2.75) is 20.8 Å². The van der Waals surface area contributed by atoms with Crippen molar-refractivity contribution >= 4 is 13.6 Å². The molecule has 0 aliphatic heterocycles. The molecule has 74 valence electrons. The fraction of sp³-hybridized carbons (Fsp3) is 0.455. The van der Waals surface area contributed by atoms with E-state index in [1.807, 2.05) is 25.1 Å². The molecule has 3 heteroatoms. The van der Waals surface area contributed by atoms with Crippen molar-refractivity contribution in [3.63, 3.8) is 0 Å². The molecule has 0 spiro atoms. The number of benzene rings is 1. The van der Waals surface area contributed by atoms with Crippen molar-refractivity contribution in [2.24, 2.45) is 5.92 Å². The zero-order valence-electron chi connectivity index (χ0n) is 9.01. The summed E-state index contributed by atoms with van der Waals surface area (Å²) in [6, 6.07) is 9.00. The Kier molecular flexibility index (Phi) is 8.51. The average molecular weight is 309 g/mol. The van der Waals surface area contributed by atoms with Crippen LogP contribution in [0.5, 0.6) is 5.75 Å². The molecule has 0 unspecified atom stereocenters. The molecule has 14 heavy (non-hydrogen) atoms. The van der Waals surface area contributed by atoms with Crippen molar-refractivity contribution in [1.29, 1.82) is 0 Å². The third kappa shape index (κ3) is 6.56. The van der Waals surface area contributed by atoms with E-state index in [1.54, 1.807) is 0 Å². The predicted molar refractivity (Wildman–Crippen MR) is 59.3 cm³/mol. The van der Waals surface area contributed by atoms with Crippen LogP contribution in [0.4, 0.5) is 0 Å². The Bertz CT molecular complexity index is 234. The Morgan fingerprint density at radius 2 is 2.07 bits per heavy atom. The van der Waals surface area contributed by atoms with Gasteiger partial charge in [-0.3, -0.25) is 0 Å². The second-order valence-corrected chi connectivity index (χ2v) is 3.44. The molecule has 0 atom stereocenters. The standard InChI is InChI=1S/C11H15O.BrH.Zn/c1-9(2)8-12-11-6-4-10(3)5-7-11;;/h4-6,9H,8H2,1-3H3;1H;/q-1;;+2/p-1. The van der Waals surface area contributed by atoms with Crippen molar-refractivity contribution in [1.82, 2.24) is 0 Å². The van der Waals surface area contributed by atoms with Crippen LogP contribution < -0.4 is 4.74 Å². The van der Waals surface area contributed by atoms with E-state index in [2.05, 4.69) is 33.5 Å². The summed E-state index contributed by atoms with van der Waals surface area (Å²) < 4.78 is 5.47. The summed E-state index contributed by atoms with van der Waals surface area (Å²) in [6.07, 6.45) is 0. The van der Waals surface area contributed by atoms with Gasteiger partial charge < -0.3 is 4.74 Å². The summed E-state index contributed by atoms with van der Waals surface area (Å²) in [4.78, 5) is 0. The van der Waals surface area contributed by atoms with Gasteiger partial charge in [-0.2, -0.15) is 17.7 Å². The molecule has 0 aliphatic carbocycles. The zero-order chi connectivity index (χ0) is 11.0. The van der Waals surface area contributed by atoms with Crippen molar-refractivity contribution in [3.05, 3.63) is 29.8 Å². The summed E-state index contributed by atoms with van der Waals surface area (Å²) in [5.74, 6) is 1.41. The average Bonchev–Trinajstić information content (AvgIpc) is 2.20. The van der Waals surface area contributed by atoms with E-state index in [0.717, 1.165) is 12.4 Å². The van der Waals surface area contributed by atoms with Crippen LogP contribution in [0.1, 0.15) is 19.4 Å². The number of hydrogen-bond acceptors (Lipinski definition) is 1. The van der Waals surface area contributed by atoms with E-state index < -0.39 is 0 Å². The number of rotatable bonds is 3. The van der Waals surface area contributed by atoms with Gasteiger partial charge in [0.05, 0.1) is 6.61 Å². The molecule has 0 aliphatic rings. The van der Waals surface area contributed by atoms with E-state index in [9.17, 15) is 0 Å². The topological polar surface area (TPSA) is 9.23 Å². The third-order valence-electron chi connectivity index (χ3n) is 1.51. The van der Waals surface area contributed by atoms with E-state index in [1.165, 1.54) is 21.9 Å². The minimum atomic E-state index is 0.569. The number of hydrogen-bond donors (Lipinski definition) is 0. The molecule has 1 nitrogen and oxygen atoms in total. The molecule has 0 amide bonds. The number of aryl methyl sites for hydroxylation is 1. The van der Waals surface area contributed by atoms with E-state index >= 15 is 0 Å². The summed E-state index contributed by atoms with van der Waals surface area (Å²) in [6.45, 7) is 7.07. The second-order valence-electron chi connectivity index (χ2n) is 3.44. The first kappa shape index (κ1) is 14.1. The van der Waals surface area contributed by atoms with Gasteiger partial charge >= 0.3 is 30.0 Å². The molecule has 0 heterocycles. The van der Waals surface area contributed by atoms with Gasteiger partial charge in [-0.1, -0.05) is 20.8 Å². The second kappa shape index (κ2) is 8.43. The fourth-order valence-corrected chi connectivity index (χ4v) is 0.835. The molecule has 1 rings (SSSR count). The van der Waals surface area contributed by atoms with Crippen LogP contribution in [0.3, 0.4) is 0 Å². The van der Waals surface area contributed by atoms with Crippen LogP contribution in [-0.2, 0) is 16.3 Å². The fourth-order valence-electron chi connectivity index (χ4n) is 0.835. The Balaban J connectivity index is 0.000000791. The first-order valence-corrected chi connectivity index (χ1v) is 11.5. The summed E-state index contributed by atoms with van der Waals surface area (Å²) in [5.41, 5.74) is 1.21. The molecule has 0 radical (unpaired) electrons. The van der Waals surface area contributed by atoms with Gasteiger partial charge in [0.2, 0.25) is 0 Å². The zero-order valence-corrected chi connectivity index (χ0v) is 13.6. The first-order chi connectivity index (χ1) is 6.68. The summed E-state index contributed by atoms with van der Waals surface area (Å²) in [7, 11) is 0. The van der Waals surface area contributed by atoms with Crippen LogP contribution in [-0.4, -0.2) is 6.61 Å². The first-order valence-electron chi connectivity index (χ1n) is 4.56. The molecular formula is C11H15BrOZn. The summed E-state index contributed by atoms with van der Waals surface area (Å²) in [5, 5.41) is 0. The maximum absolute atomic E-state index is 5.47. The molecule has 0 bridgehead atoms. The Labute approximate surface area is 103 Å². The molecule has 0 N–H and O–H groups in total. The van der Waals surface area contributed by atoms with Crippen LogP contribution in [0.15, 0.2) is 18.2 Å². The maximum atomic E-state index is 5.47. The number of halogens is 1. The number of ether oxygens (including phenoxy) is 1. The molecule has 0 fully saturated rings. The molecule has 0 aromatic heterocycles. The predicted octanol–water partition coefficient (Wildman–Crippen LogP) is 3.67. The van der Waals surface area contributed by atoms with Crippen LogP contribution in [0.25, 0.3) is 0 Å². The van der Waals surface area contributed by atoms with Gasteiger partial charge in [-0.25, -0.2) is 0 Å². The van der Waals surface area contributed by atoms with Crippen molar-refractivity contribution in [2.75, 3.05) is 6.61 Å². The Hall–Kier alpha value is 0.123. The van der Waals surface area contributed by atoms with Gasteiger partial charge in [-0.15, -0.1) is 12.1 Å². The van der Waals surface area contributed by atoms with Gasteiger partial charge in [-0.05, 0) is 5.92 Å². The van der Waals surface area contributed by atoms with Crippen LogP contribution in [0, 0.1) is 18.9 Å². The van der Waals surface area contributed by atoms with Crippen molar-refractivity contribution in [3.8, 4) is 5.75 Å². The van der Waals surface area contributed by atoms with Gasteiger partial charge in [0.1, 0.15) is 0 Å². The van der Waals surface area contributed by atoms with Crippen LogP contribution >= 0.6 is 13.6 Å². The molecule has 0 saturated heterocycles. The van der Waals surface area contributed by atoms with E-state index in [4.69, 9.17) is 4.74 Å². The SMILES string of the molecule is Cc1c[c-]c(OCC(C)C)cc1.[Zn+][Br]. The normalized spacial score (nSPS) is 9.36. The molecule has 1 aromatic carbocycles. The monoisotopic (exact) mass is 306 g/mol. The quantitative estimate of drug-likeness (QED) is 0.611. The third-order valence-corrected chi connectivity index (χ3v) is 1.51. The molecule has 1 aromatic rings. The Morgan fingerprint density at radius 1 is 1.43 bits per heavy atom. The van der Waals surface area contributed by atoms with E-state index in [0.29, 0.717) is 5.92 Å². The van der Waals surface area contributed by atoms with Gasteiger partial charge in [0.15, 0.2) is 0 Å². The molecule has 0 saturated carbocycles. The summed E-state index contributed by atoms with van der Waals surface area (Å²) >= 11 is 4.25. The van der Waals surface area contributed by atoms with Gasteiger partial charge in [0, 0.05) is 5.75 Å². The minimum absolute atomic E-state index is 0.569. The Morgan fingerprint density at radius 3 is 2.50 bits per heavy atom. The van der Waals surface area contributed by atoms with Crippen LogP contribution in [0.2, 0.25) is 0 Å². The van der Waals surface area contributed by atoms with Crippen molar-refractivity contribution < 1.29 is 21.1 Å². The molecular weight excluding hydrogens is 293 g/mol.